The summed E-state index contributed by atoms with van der Waals surface area (Å²) in [5, 5.41) is 11.9. The molecule has 1 atom stereocenters. The third-order valence-electron chi connectivity index (χ3n) is 2.22. The molecule has 0 bridgehead atoms. The van der Waals surface area contributed by atoms with Crippen molar-refractivity contribution in [2.24, 2.45) is 0 Å². The highest BCUT2D eigenvalue weighted by atomic mass is 19.1. The van der Waals surface area contributed by atoms with Crippen LogP contribution in [0.5, 0.6) is 5.75 Å². The van der Waals surface area contributed by atoms with Gasteiger partial charge in [0.05, 0.1) is 13.2 Å². The molecule has 0 heterocycles. The number of nitrogens with one attached hydrogen (secondary N) is 1. The van der Waals surface area contributed by atoms with E-state index in [0.717, 1.165) is 5.56 Å². The van der Waals surface area contributed by atoms with E-state index in [2.05, 4.69) is 11.9 Å². The Kier molecular flexibility index (Phi) is 4.64. The molecule has 4 heteroatoms. The Morgan fingerprint density at radius 2 is 2.12 bits per heavy atom. The monoisotopic (exact) mass is 225 g/mol. The molecule has 2 N–H and O–H groups in total. The second-order valence-corrected chi connectivity index (χ2v) is 3.49. The molecule has 0 aliphatic rings. The van der Waals surface area contributed by atoms with Gasteiger partial charge in [-0.25, -0.2) is 4.39 Å². The molecular formula is C12H16FNO2. The van der Waals surface area contributed by atoms with E-state index in [9.17, 15) is 4.39 Å². The zero-order chi connectivity index (χ0) is 12.0. The quantitative estimate of drug-likeness (QED) is 0.727. The van der Waals surface area contributed by atoms with Gasteiger partial charge in [-0.05, 0) is 30.7 Å². The average molecular weight is 225 g/mol. The second kappa shape index (κ2) is 6.00. The Labute approximate surface area is 94.6 Å². The minimum Gasteiger partial charge on any atom is -0.508 e. The molecular weight excluding hydrogens is 209 g/mol. The first-order valence-electron chi connectivity index (χ1n) is 4.99. The highest BCUT2D eigenvalue weighted by Crippen LogP contribution is 2.11. The van der Waals surface area contributed by atoms with E-state index in [0.29, 0.717) is 12.3 Å². The molecule has 1 aromatic rings. The van der Waals surface area contributed by atoms with Crippen LogP contribution in [0.15, 0.2) is 36.7 Å². The predicted octanol–water partition coefficient (Wildman–Crippen LogP) is 1.98. The average Bonchev–Trinajstić information content (AvgIpc) is 2.30. The molecule has 1 rings (SSSR count). The van der Waals surface area contributed by atoms with Crippen LogP contribution in [0, 0.1) is 0 Å². The fourth-order valence-corrected chi connectivity index (χ4v) is 1.35. The maximum absolute atomic E-state index is 12.7. The SMILES string of the molecule is C=C(NC(CF)Cc1ccc(O)cc1)OC. The van der Waals surface area contributed by atoms with Crippen molar-refractivity contribution in [1.29, 1.82) is 0 Å². The third kappa shape index (κ3) is 3.81. The van der Waals surface area contributed by atoms with Crippen molar-refractivity contribution in [3.8, 4) is 5.75 Å². The van der Waals surface area contributed by atoms with Gasteiger partial charge in [-0.3, -0.25) is 0 Å². The number of hydrogen-bond acceptors (Lipinski definition) is 3. The molecule has 0 aliphatic heterocycles. The molecule has 1 aromatic carbocycles. The summed E-state index contributed by atoms with van der Waals surface area (Å²) in [6, 6.07) is 6.31. The maximum atomic E-state index is 12.7. The zero-order valence-electron chi connectivity index (χ0n) is 9.24. The topological polar surface area (TPSA) is 41.5 Å². The van der Waals surface area contributed by atoms with E-state index in [1.165, 1.54) is 7.11 Å². The van der Waals surface area contributed by atoms with Gasteiger partial charge in [0, 0.05) is 0 Å². The van der Waals surface area contributed by atoms with Crippen LogP contribution in [0.1, 0.15) is 5.56 Å². The number of methoxy groups -OCH3 is 1. The van der Waals surface area contributed by atoms with Gasteiger partial charge in [0.1, 0.15) is 12.4 Å². The smallest absolute Gasteiger partial charge is 0.179 e. The Hall–Kier alpha value is -1.71. The standard InChI is InChI=1S/C12H16FNO2/c1-9(16-2)14-11(8-13)7-10-3-5-12(15)6-4-10/h3-6,11,14-15H,1,7-8H2,2H3. The summed E-state index contributed by atoms with van der Waals surface area (Å²) in [6.45, 7) is 3.07. The molecule has 16 heavy (non-hydrogen) atoms. The number of phenolic OH excluding ortho intramolecular Hbond substituents is 1. The zero-order valence-corrected chi connectivity index (χ0v) is 9.24. The highest BCUT2D eigenvalue weighted by Gasteiger charge is 2.09. The van der Waals surface area contributed by atoms with Crippen LogP contribution in [0.2, 0.25) is 0 Å². The van der Waals surface area contributed by atoms with Crippen molar-refractivity contribution in [2.45, 2.75) is 12.5 Å². The molecule has 3 nitrogen and oxygen atoms in total. The maximum Gasteiger partial charge on any atom is 0.179 e. The van der Waals surface area contributed by atoms with Gasteiger partial charge in [-0.1, -0.05) is 12.1 Å². The van der Waals surface area contributed by atoms with Crippen LogP contribution in [0.4, 0.5) is 4.39 Å². The van der Waals surface area contributed by atoms with Crippen molar-refractivity contribution < 1.29 is 14.2 Å². The van der Waals surface area contributed by atoms with Crippen molar-refractivity contribution in [3.63, 3.8) is 0 Å². The van der Waals surface area contributed by atoms with E-state index in [1.807, 2.05) is 0 Å². The van der Waals surface area contributed by atoms with E-state index in [1.54, 1.807) is 24.3 Å². The summed E-state index contributed by atoms with van der Waals surface area (Å²) in [5.41, 5.74) is 0.942. The number of benzene rings is 1. The summed E-state index contributed by atoms with van der Waals surface area (Å²) >= 11 is 0. The normalized spacial score (nSPS) is 11.9. The van der Waals surface area contributed by atoms with Crippen molar-refractivity contribution in [1.82, 2.24) is 5.32 Å². The summed E-state index contributed by atoms with van der Waals surface area (Å²) in [7, 11) is 1.48. The van der Waals surface area contributed by atoms with E-state index < -0.39 is 6.67 Å². The van der Waals surface area contributed by atoms with Gasteiger partial charge in [-0.2, -0.15) is 0 Å². The molecule has 0 saturated carbocycles. The lowest BCUT2D eigenvalue weighted by molar-refractivity contribution is 0.239. The Bertz CT molecular complexity index is 337. The van der Waals surface area contributed by atoms with Gasteiger partial charge in [0.15, 0.2) is 5.88 Å². The fourth-order valence-electron chi connectivity index (χ4n) is 1.35. The van der Waals surface area contributed by atoms with Gasteiger partial charge < -0.3 is 15.2 Å². The third-order valence-corrected chi connectivity index (χ3v) is 2.22. The van der Waals surface area contributed by atoms with Crippen molar-refractivity contribution in [3.05, 3.63) is 42.3 Å². The second-order valence-electron chi connectivity index (χ2n) is 3.49. The molecule has 0 spiro atoms. The van der Waals surface area contributed by atoms with E-state index >= 15 is 0 Å². The molecule has 0 saturated heterocycles. The van der Waals surface area contributed by atoms with Crippen LogP contribution >= 0.6 is 0 Å². The van der Waals surface area contributed by atoms with E-state index in [4.69, 9.17) is 9.84 Å². The van der Waals surface area contributed by atoms with Crippen LogP contribution in [-0.4, -0.2) is 24.9 Å². The van der Waals surface area contributed by atoms with Gasteiger partial charge >= 0.3 is 0 Å². The lowest BCUT2D eigenvalue weighted by Gasteiger charge is -2.17. The molecule has 0 amide bonds. The summed E-state index contributed by atoms with van der Waals surface area (Å²) in [5.74, 6) is 0.552. The number of aromatic hydroxyl groups is 1. The van der Waals surface area contributed by atoms with Crippen molar-refractivity contribution >= 4 is 0 Å². The minimum absolute atomic E-state index is 0.204. The van der Waals surface area contributed by atoms with Crippen LogP contribution in [0.3, 0.4) is 0 Å². The van der Waals surface area contributed by atoms with Crippen molar-refractivity contribution in [2.75, 3.05) is 13.8 Å². The molecule has 0 fully saturated rings. The summed E-state index contributed by atoms with van der Waals surface area (Å²) < 4.78 is 17.5. The van der Waals surface area contributed by atoms with Crippen LogP contribution in [0.25, 0.3) is 0 Å². The van der Waals surface area contributed by atoms with Gasteiger partial charge in [0.25, 0.3) is 0 Å². The first-order chi connectivity index (χ1) is 7.65. The lowest BCUT2D eigenvalue weighted by atomic mass is 10.1. The largest absolute Gasteiger partial charge is 0.508 e. The molecule has 88 valence electrons. The number of hydrogen-bond donors (Lipinski definition) is 2. The first-order valence-corrected chi connectivity index (χ1v) is 4.99. The molecule has 0 aromatic heterocycles. The summed E-state index contributed by atoms with van der Waals surface area (Å²) in [6.07, 6.45) is 0.513. The Balaban J connectivity index is 2.56. The molecule has 0 aliphatic carbocycles. The van der Waals surface area contributed by atoms with Crippen LogP contribution < -0.4 is 5.32 Å². The molecule has 1 unspecified atom stereocenters. The molecule has 0 radical (unpaired) electrons. The number of alkyl halides is 1. The highest BCUT2D eigenvalue weighted by molar-refractivity contribution is 5.26. The fraction of sp³-hybridized carbons (Fsp3) is 0.333. The lowest BCUT2D eigenvalue weighted by Crippen LogP contribution is -2.32. The Morgan fingerprint density at radius 1 is 1.50 bits per heavy atom. The summed E-state index contributed by atoms with van der Waals surface area (Å²) in [4.78, 5) is 0. The van der Waals surface area contributed by atoms with Gasteiger partial charge in [0.2, 0.25) is 0 Å². The number of ether oxygens (including phenoxy) is 1. The van der Waals surface area contributed by atoms with Gasteiger partial charge in [-0.15, -0.1) is 0 Å². The number of halogens is 1. The number of rotatable bonds is 6. The van der Waals surface area contributed by atoms with Crippen LogP contribution in [-0.2, 0) is 11.2 Å². The van der Waals surface area contributed by atoms with E-state index in [-0.39, 0.29) is 11.8 Å². The Morgan fingerprint density at radius 3 is 2.62 bits per heavy atom. The first kappa shape index (κ1) is 12.4. The predicted molar refractivity (Wildman–Crippen MR) is 60.9 cm³/mol. The number of phenols is 1. The minimum atomic E-state index is -0.511.